The maximum Gasteiger partial charge on any atom is 0.325 e. The molecule has 0 aliphatic carbocycles. The Labute approximate surface area is 181 Å². The van der Waals surface area contributed by atoms with Crippen molar-refractivity contribution in [3.05, 3.63) is 59.9 Å². The van der Waals surface area contributed by atoms with Gasteiger partial charge in [-0.2, -0.15) is 0 Å². The van der Waals surface area contributed by atoms with Crippen LogP contribution in [0.25, 0.3) is 0 Å². The molecular weight excluding hydrogens is 399 g/mol. The molecule has 1 fully saturated rings. The number of benzene rings is 2. The van der Waals surface area contributed by atoms with Gasteiger partial charge in [-0.3, -0.25) is 14.5 Å². The molecule has 1 atom stereocenters. The van der Waals surface area contributed by atoms with Crippen LogP contribution < -0.4 is 15.5 Å². The van der Waals surface area contributed by atoms with Gasteiger partial charge in [-0.25, -0.2) is 9.18 Å². The number of carbonyl (C=O) groups is 3. The van der Waals surface area contributed by atoms with E-state index in [1.807, 2.05) is 38.1 Å². The Morgan fingerprint density at radius 2 is 1.74 bits per heavy atom. The second kappa shape index (κ2) is 9.16. The van der Waals surface area contributed by atoms with Gasteiger partial charge in [0.2, 0.25) is 5.91 Å². The maximum absolute atomic E-state index is 13.4. The summed E-state index contributed by atoms with van der Waals surface area (Å²) < 4.78 is 13.4. The van der Waals surface area contributed by atoms with Crippen molar-refractivity contribution in [2.24, 2.45) is 0 Å². The molecule has 2 N–H and O–H groups in total. The number of nitrogens with one attached hydrogen (secondary N) is 2. The van der Waals surface area contributed by atoms with Gasteiger partial charge in [-0.15, -0.1) is 0 Å². The number of unbranched alkanes of at least 4 members (excludes halogenated alkanes) is 1. The molecule has 1 aliphatic heterocycles. The molecule has 0 saturated carbocycles. The highest BCUT2D eigenvalue weighted by atomic mass is 19.1. The lowest BCUT2D eigenvalue weighted by Gasteiger charge is -2.27. The third-order valence-electron chi connectivity index (χ3n) is 5.39. The van der Waals surface area contributed by atoms with E-state index in [0.29, 0.717) is 24.1 Å². The Bertz CT molecular complexity index is 960. The number of nitrogens with zero attached hydrogens (tertiary/aromatic N) is 2. The summed E-state index contributed by atoms with van der Waals surface area (Å²) >= 11 is 0. The van der Waals surface area contributed by atoms with Gasteiger partial charge < -0.3 is 15.5 Å². The first kappa shape index (κ1) is 22.3. The molecule has 1 aliphatic rings. The summed E-state index contributed by atoms with van der Waals surface area (Å²) in [5.74, 6) is -1.41. The number of carbonyl (C=O) groups excluding carboxylic acids is 3. The van der Waals surface area contributed by atoms with Crippen LogP contribution in [0, 0.1) is 5.82 Å². The number of anilines is 2. The van der Waals surface area contributed by atoms with Crippen LogP contribution in [0.1, 0.15) is 31.7 Å². The molecule has 1 saturated heterocycles. The predicted molar refractivity (Wildman–Crippen MR) is 117 cm³/mol. The quantitative estimate of drug-likeness (QED) is 0.634. The smallest absolute Gasteiger partial charge is 0.325 e. The number of hydrogen-bond donors (Lipinski definition) is 2. The summed E-state index contributed by atoms with van der Waals surface area (Å²) in [5.41, 5.74) is 0.752. The Hall–Kier alpha value is -3.42. The predicted octanol–water partition coefficient (Wildman–Crippen LogP) is 3.47. The van der Waals surface area contributed by atoms with Crippen molar-refractivity contribution in [1.29, 1.82) is 0 Å². The highest BCUT2D eigenvalue weighted by molar-refractivity contribution is 6.10. The third kappa shape index (κ3) is 4.68. The zero-order valence-electron chi connectivity index (χ0n) is 17.9. The minimum atomic E-state index is -1.30. The Morgan fingerprint density at radius 1 is 1.10 bits per heavy atom. The SMILES string of the molecule is CCCC[C@@]1(c2ccc(F)cc2)NC(=O)N(CC(=O)Nc2ccc(N(C)C)cc2)C1=O. The van der Waals surface area contributed by atoms with Gasteiger partial charge in [-0.05, 0) is 48.4 Å². The van der Waals surface area contributed by atoms with Crippen molar-refractivity contribution in [2.75, 3.05) is 30.9 Å². The molecule has 3 rings (SSSR count). The van der Waals surface area contributed by atoms with E-state index in [0.717, 1.165) is 17.0 Å². The first-order valence-corrected chi connectivity index (χ1v) is 10.2. The molecule has 0 bridgehead atoms. The van der Waals surface area contributed by atoms with E-state index >= 15 is 0 Å². The van der Waals surface area contributed by atoms with Crippen LogP contribution >= 0.6 is 0 Å². The van der Waals surface area contributed by atoms with Crippen molar-refractivity contribution in [2.45, 2.75) is 31.7 Å². The van der Waals surface area contributed by atoms with E-state index < -0.39 is 35.7 Å². The van der Waals surface area contributed by atoms with Crippen LogP contribution in [0.4, 0.5) is 20.6 Å². The number of amides is 4. The minimum Gasteiger partial charge on any atom is -0.378 e. The first-order chi connectivity index (χ1) is 14.8. The van der Waals surface area contributed by atoms with Crippen LogP contribution in [-0.2, 0) is 15.1 Å². The van der Waals surface area contributed by atoms with Gasteiger partial charge >= 0.3 is 6.03 Å². The molecule has 4 amide bonds. The Kier molecular flexibility index (Phi) is 6.58. The molecular formula is C23H27FN4O3. The van der Waals surface area contributed by atoms with Crippen LogP contribution in [0.2, 0.25) is 0 Å². The van der Waals surface area contributed by atoms with E-state index in [1.54, 1.807) is 12.1 Å². The number of urea groups is 1. The number of rotatable bonds is 8. The monoisotopic (exact) mass is 426 g/mol. The molecule has 31 heavy (non-hydrogen) atoms. The molecule has 2 aromatic rings. The zero-order valence-corrected chi connectivity index (χ0v) is 17.9. The second-order valence-electron chi connectivity index (χ2n) is 7.83. The van der Waals surface area contributed by atoms with Crippen LogP contribution in [0.15, 0.2) is 48.5 Å². The van der Waals surface area contributed by atoms with Gasteiger partial charge in [0, 0.05) is 25.5 Å². The Balaban J connectivity index is 1.77. The summed E-state index contributed by atoms with van der Waals surface area (Å²) in [4.78, 5) is 41.3. The summed E-state index contributed by atoms with van der Waals surface area (Å²) in [6, 6.07) is 12.1. The summed E-state index contributed by atoms with van der Waals surface area (Å²) in [7, 11) is 3.83. The highest BCUT2D eigenvalue weighted by Gasteiger charge is 2.52. The lowest BCUT2D eigenvalue weighted by molar-refractivity contribution is -0.134. The largest absolute Gasteiger partial charge is 0.378 e. The zero-order chi connectivity index (χ0) is 22.6. The van der Waals surface area contributed by atoms with Crippen molar-refractivity contribution in [3.8, 4) is 0 Å². The van der Waals surface area contributed by atoms with Gasteiger partial charge in [0.15, 0.2) is 0 Å². The van der Waals surface area contributed by atoms with E-state index in [1.165, 1.54) is 24.3 Å². The number of imide groups is 1. The number of hydrogen-bond acceptors (Lipinski definition) is 4. The molecule has 2 aromatic carbocycles. The van der Waals surface area contributed by atoms with Crippen LogP contribution in [-0.4, -0.2) is 43.4 Å². The summed E-state index contributed by atoms with van der Waals surface area (Å²) in [5, 5.41) is 5.47. The molecule has 8 heteroatoms. The second-order valence-corrected chi connectivity index (χ2v) is 7.83. The number of halogens is 1. The highest BCUT2D eigenvalue weighted by Crippen LogP contribution is 2.34. The fourth-order valence-corrected chi connectivity index (χ4v) is 3.64. The van der Waals surface area contributed by atoms with Gasteiger partial charge in [-0.1, -0.05) is 31.9 Å². The van der Waals surface area contributed by atoms with Crippen molar-refractivity contribution in [1.82, 2.24) is 10.2 Å². The molecule has 1 heterocycles. The van der Waals surface area contributed by atoms with Crippen LogP contribution in [0.3, 0.4) is 0 Å². The van der Waals surface area contributed by atoms with E-state index in [4.69, 9.17) is 0 Å². The van der Waals surface area contributed by atoms with Crippen molar-refractivity contribution >= 4 is 29.2 Å². The fraction of sp³-hybridized carbons (Fsp3) is 0.348. The van der Waals surface area contributed by atoms with Crippen LogP contribution in [0.5, 0.6) is 0 Å². The van der Waals surface area contributed by atoms with Gasteiger partial charge in [0.05, 0.1) is 0 Å². The molecule has 164 valence electrons. The molecule has 0 spiro atoms. The lowest BCUT2D eigenvalue weighted by atomic mass is 9.85. The van der Waals surface area contributed by atoms with E-state index in [-0.39, 0.29) is 0 Å². The fourth-order valence-electron chi connectivity index (χ4n) is 3.64. The topological polar surface area (TPSA) is 81.8 Å². The summed E-state index contributed by atoms with van der Waals surface area (Å²) in [6.45, 7) is 1.57. The lowest BCUT2D eigenvalue weighted by Crippen LogP contribution is -2.44. The summed E-state index contributed by atoms with van der Waals surface area (Å²) in [6.07, 6.45) is 1.86. The van der Waals surface area contributed by atoms with Gasteiger partial charge in [0.1, 0.15) is 17.9 Å². The average molecular weight is 426 g/mol. The maximum atomic E-state index is 13.4. The molecule has 0 radical (unpaired) electrons. The molecule has 7 nitrogen and oxygen atoms in total. The minimum absolute atomic E-state index is 0.365. The Morgan fingerprint density at radius 3 is 2.32 bits per heavy atom. The van der Waals surface area contributed by atoms with E-state index in [2.05, 4.69) is 10.6 Å². The van der Waals surface area contributed by atoms with Gasteiger partial charge in [0.25, 0.3) is 5.91 Å². The third-order valence-corrected chi connectivity index (χ3v) is 5.39. The molecule has 0 aromatic heterocycles. The molecule has 0 unspecified atom stereocenters. The van der Waals surface area contributed by atoms with Crippen molar-refractivity contribution in [3.63, 3.8) is 0 Å². The van der Waals surface area contributed by atoms with E-state index in [9.17, 15) is 18.8 Å². The standard InChI is InChI=1S/C23H27FN4O3/c1-4-5-14-23(16-6-8-17(24)9-7-16)21(30)28(22(31)26-23)15-20(29)25-18-10-12-19(13-11-18)27(2)3/h6-13H,4-5,14-15H2,1-3H3,(H,25,29)(H,26,31)/t23-/m0/s1. The normalized spacial score (nSPS) is 18.1. The average Bonchev–Trinajstić information content (AvgIpc) is 2.98. The first-order valence-electron chi connectivity index (χ1n) is 10.2. The van der Waals surface area contributed by atoms with Crippen molar-refractivity contribution < 1.29 is 18.8 Å².